The molecule has 0 unspecified atom stereocenters. The van der Waals surface area contributed by atoms with Crippen LogP contribution in [-0.4, -0.2) is 13.6 Å². The van der Waals surface area contributed by atoms with E-state index in [1.807, 2.05) is 0 Å². The predicted molar refractivity (Wildman–Crippen MR) is 141 cm³/mol. The third-order valence-corrected chi connectivity index (χ3v) is 7.49. The van der Waals surface area contributed by atoms with Crippen molar-refractivity contribution in [2.75, 3.05) is 0 Å². The van der Waals surface area contributed by atoms with Crippen molar-refractivity contribution in [3.05, 3.63) is 107 Å². The van der Waals surface area contributed by atoms with Gasteiger partial charge in [0.25, 0.3) is 0 Å². The fourth-order valence-corrected chi connectivity index (χ4v) is 6.22. The molecule has 0 spiro atoms. The van der Waals surface area contributed by atoms with Crippen LogP contribution < -0.4 is 24.8 Å². The van der Waals surface area contributed by atoms with Gasteiger partial charge in [0.15, 0.2) is 0 Å². The number of aryl methyl sites for hydroxylation is 1. The summed E-state index contributed by atoms with van der Waals surface area (Å²) in [6.07, 6.45) is 2.38. The number of fused-ring (bicyclic) bond motifs is 2. The van der Waals surface area contributed by atoms with E-state index in [0.717, 1.165) is 0 Å². The fraction of sp³-hybridized carbons (Fsp3) is 0.200. The van der Waals surface area contributed by atoms with Crippen LogP contribution in [0.15, 0.2) is 90.5 Å². The Kier molecular flexibility index (Phi) is 12.2. The zero-order valence-corrected chi connectivity index (χ0v) is 25.5. The van der Waals surface area contributed by atoms with E-state index >= 15 is 0 Å². The minimum atomic E-state index is -0.369. The zero-order chi connectivity index (χ0) is 22.0. The molecule has 1 radical (unpaired) electrons. The molecule has 0 nitrogen and oxygen atoms in total. The van der Waals surface area contributed by atoms with Crippen LogP contribution in [0.3, 0.4) is 0 Å². The van der Waals surface area contributed by atoms with Crippen LogP contribution in [0.5, 0.6) is 0 Å². The van der Waals surface area contributed by atoms with Crippen molar-refractivity contribution < 1.29 is 51.0 Å². The largest absolute Gasteiger partial charge is 3.00 e. The molecule has 0 aliphatic heterocycles. The second kappa shape index (κ2) is 13.6. The Morgan fingerprint density at radius 3 is 2.03 bits per heavy atom. The van der Waals surface area contributed by atoms with Crippen LogP contribution in [0, 0.1) is 12.8 Å². The van der Waals surface area contributed by atoms with Gasteiger partial charge in [0.1, 0.15) is 0 Å². The van der Waals surface area contributed by atoms with Crippen LogP contribution in [0.1, 0.15) is 30.5 Å². The van der Waals surface area contributed by atoms with E-state index in [0.29, 0.717) is 5.92 Å². The molecule has 0 saturated carbocycles. The topological polar surface area (TPSA) is 0 Å². The van der Waals surface area contributed by atoms with Gasteiger partial charge in [-0.15, -0.1) is 34.5 Å². The monoisotopic (exact) mass is 579 g/mol. The van der Waals surface area contributed by atoms with E-state index < -0.39 is 0 Å². The van der Waals surface area contributed by atoms with Gasteiger partial charge in [-0.1, -0.05) is 106 Å². The van der Waals surface area contributed by atoms with Crippen LogP contribution in [0.25, 0.3) is 28.0 Å². The Bertz CT molecular complexity index is 1280. The maximum absolute atomic E-state index is 2.39. The standard InChI is InChI=1S/C16H13.C14H18Si.2ClH.Zr/c1-12-10-14-8-5-9-15(16(14)11-12)13-6-3-2-4-7-13;1-10(2)13-9-11-7-5-6-8-12(11)14(13)15(3)4;;;/h2-11H,1H3;5-10H,1-4H3;2*1H;/q-1;;;;+3/p-2. The van der Waals surface area contributed by atoms with E-state index in [9.17, 15) is 0 Å². The van der Waals surface area contributed by atoms with Gasteiger partial charge in [-0.25, -0.2) is 0 Å². The molecule has 0 amide bonds. The number of allylic oxidation sites excluding steroid dienone is 1. The molecule has 0 aromatic heterocycles. The van der Waals surface area contributed by atoms with Crippen molar-refractivity contribution in [2.24, 2.45) is 5.92 Å². The molecule has 0 heterocycles. The number of hydrogen-bond acceptors (Lipinski definition) is 0. The second-order valence-corrected chi connectivity index (χ2v) is 11.4. The summed E-state index contributed by atoms with van der Waals surface area (Å²) in [4.78, 5) is 0. The van der Waals surface area contributed by atoms with E-state index in [-0.39, 0.29) is 59.4 Å². The molecule has 0 atom stereocenters. The number of benzene rings is 3. The van der Waals surface area contributed by atoms with E-state index in [2.05, 4.69) is 125 Å². The normalized spacial score (nSPS) is 11.4. The third kappa shape index (κ3) is 6.61. The first kappa shape index (κ1) is 30.6. The van der Waals surface area contributed by atoms with Crippen molar-refractivity contribution in [3.63, 3.8) is 0 Å². The molecule has 1 aliphatic rings. The summed E-state index contributed by atoms with van der Waals surface area (Å²) in [7, 11) is -0.369. The minimum Gasteiger partial charge on any atom is -1.00 e. The second-order valence-electron chi connectivity index (χ2n) is 8.92. The number of halogens is 2. The van der Waals surface area contributed by atoms with E-state index in [1.165, 1.54) is 38.6 Å². The molecule has 0 saturated heterocycles. The quantitative estimate of drug-likeness (QED) is 0.252. The van der Waals surface area contributed by atoms with Crippen molar-refractivity contribution in [1.29, 1.82) is 0 Å². The van der Waals surface area contributed by atoms with Gasteiger partial charge in [-0.05, 0) is 33.4 Å². The summed E-state index contributed by atoms with van der Waals surface area (Å²) in [6, 6.07) is 30.3. The summed E-state index contributed by atoms with van der Waals surface area (Å²) in [5, 5.41) is 4.33. The number of rotatable bonds is 2. The maximum atomic E-state index is 2.39. The smallest absolute Gasteiger partial charge is 1.00 e. The van der Waals surface area contributed by atoms with Crippen LogP contribution in [-0.2, 0) is 26.2 Å². The van der Waals surface area contributed by atoms with Gasteiger partial charge < -0.3 is 24.8 Å². The van der Waals surface area contributed by atoms with Gasteiger partial charge in [-0.2, -0.15) is 6.07 Å². The first-order valence-corrected chi connectivity index (χ1v) is 13.7. The molecule has 173 valence electrons. The maximum Gasteiger partial charge on any atom is 3.00 e. The first-order valence-electron chi connectivity index (χ1n) is 11.2. The predicted octanol–water partition coefficient (Wildman–Crippen LogP) is 2.14. The molecule has 4 heteroatoms. The Morgan fingerprint density at radius 2 is 1.38 bits per heavy atom. The van der Waals surface area contributed by atoms with Gasteiger partial charge in [0, 0.05) is 8.41 Å². The van der Waals surface area contributed by atoms with E-state index in [4.69, 9.17) is 0 Å². The molecule has 4 aromatic rings. The van der Waals surface area contributed by atoms with Gasteiger partial charge in [0.2, 0.25) is 0 Å². The van der Waals surface area contributed by atoms with Gasteiger partial charge >= 0.3 is 26.2 Å². The third-order valence-electron chi connectivity index (χ3n) is 5.93. The molecule has 1 aliphatic carbocycles. The van der Waals surface area contributed by atoms with E-state index in [1.54, 1.807) is 10.7 Å². The average Bonchev–Trinajstić information content (AvgIpc) is 3.34. The van der Waals surface area contributed by atoms with Crippen molar-refractivity contribution in [1.82, 2.24) is 0 Å². The molecular weight excluding hydrogens is 551 g/mol. The Morgan fingerprint density at radius 1 is 0.765 bits per heavy atom. The van der Waals surface area contributed by atoms with Crippen molar-refractivity contribution in [2.45, 2.75) is 33.9 Å². The summed E-state index contributed by atoms with van der Waals surface area (Å²) < 4.78 is 0. The molecule has 5 rings (SSSR count). The molecule has 0 bridgehead atoms. The zero-order valence-electron chi connectivity index (χ0n) is 20.5. The van der Waals surface area contributed by atoms with Crippen molar-refractivity contribution in [3.8, 4) is 11.1 Å². The summed E-state index contributed by atoms with van der Waals surface area (Å²) >= 11 is 0. The Balaban J connectivity index is 0.000000313. The van der Waals surface area contributed by atoms with Crippen LogP contribution >= 0.6 is 0 Å². The fourth-order valence-electron chi connectivity index (χ4n) is 4.51. The van der Waals surface area contributed by atoms with Gasteiger partial charge in [0.05, 0.1) is 0 Å². The molecular formula is C30H31Cl2SiZr. The summed E-state index contributed by atoms with van der Waals surface area (Å²) in [6.45, 7) is 11.5. The summed E-state index contributed by atoms with van der Waals surface area (Å²) in [5.74, 6) is 0.646. The minimum absolute atomic E-state index is 0. The first-order chi connectivity index (χ1) is 15.0. The number of hydrogen-bond donors (Lipinski definition) is 0. The van der Waals surface area contributed by atoms with Crippen molar-refractivity contribution >= 4 is 30.4 Å². The van der Waals surface area contributed by atoms with Crippen LogP contribution in [0.4, 0.5) is 0 Å². The summed E-state index contributed by atoms with van der Waals surface area (Å²) in [5.41, 5.74) is 8.42. The Labute approximate surface area is 238 Å². The van der Waals surface area contributed by atoms with Gasteiger partial charge in [-0.3, -0.25) is 0 Å². The molecule has 34 heavy (non-hydrogen) atoms. The van der Waals surface area contributed by atoms with Crippen LogP contribution in [0.2, 0.25) is 13.1 Å². The average molecular weight is 582 g/mol. The Hall–Kier alpha value is -1.44. The molecule has 4 aromatic carbocycles. The SMILES string of the molecule is CC(C)C1=Cc2ccccc2C1=[Si](C)C.Cc1cc2c(-c3ccccc3)cccc2[cH-]1.[Cl-].[Cl-].[Zr+3]. The molecule has 0 fully saturated rings. The molecule has 0 N–H and O–H groups in total.